The topological polar surface area (TPSA) is 69.3 Å². The van der Waals surface area contributed by atoms with Gasteiger partial charge in [-0.15, -0.1) is 0 Å². The van der Waals surface area contributed by atoms with Crippen molar-refractivity contribution in [2.45, 2.75) is 17.9 Å². The van der Waals surface area contributed by atoms with Crippen LogP contribution in [0.25, 0.3) is 0 Å². The molecule has 130 valence electrons. The minimum Gasteiger partial charge on any atom is -0.347 e. The van der Waals surface area contributed by atoms with E-state index in [4.69, 9.17) is 11.6 Å². The Balaban J connectivity index is 1.89. The Labute approximate surface area is 145 Å². The Kier molecular flexibility index (Phi) is 4.91. The molecular weight excluding hydrogens is 355 g/mol. The van der Waals surface area contributed by atoms with Crippen LogP contribution in [-0.4, -0.2) is 53.8 Å². The molecule has 1 unspecified atom stereocenters. The van der Waals surface area contributed by atoms with Crippen molar-refractivity contribution in [3.05, 3.63) is 47.3 Å². The Morgan fingerprint density at radius 1 is 1.42 bits per heavy atom. The quantitative estimate of drug-likeness (QED) is 0.893. The molecule has 2 heterocycles. The number of benzene rings is 1. The summed E-state index contributed by atoms with van der Waals surface area (Å²) in [6.07, 6.45) is 3.37. The predicted molar refractivity (Wildman–Crippen MR) is 88.7 cm³/mol. The molecule has 6 nitrogen and oxygen atoms in total. The van der Waals surface area contributed by atoms with Crippen molar-refractivity contribution in [3.8, 4) is 0 Å². The fourth-order valence-corrected chi connectivity index (χ4v) is 4.61. The number of imidazole rings is 1. The third-order valence-electron chi connectivity index (χ3n) is 4.22. The van der Waals surface area contributed by atoms with Gasteiger partial charge >= 0.3 is 0 Å². The molecule has 1 aliphatic rings. The second kappa shape index (κ2) is 6.79. The zero-order chi connectivity index (χ0) is 17.3. The van der Waals surface area contributed by atoms with Gasteiger partial charge in [-0.25, -0.2) is 17.8 Å². The van der Waals surface area contributed by atoms with Crippen molar-refractivity contribution in [1.29, 1.82) is 0 Å². The molecule has 3 rings (SSSR count). The molecule has 2 aromatic rings. The molecule has 1 aromatic heterocycles. The number of hydrogen-bond acceptors (Lipinski definition) is 4. The van der Waals surface area contributed by atoms with Crippen molar-refractivity contribution in [2.24, 2.45) is 0 Å². The van der Waals surface area contributed by atoms with Gasteiger partial charge in [0, 0.05) is 32.0 Å². The third-order valence-corrected chi connectivity index (χ3v) is 6.37. The first kappa shape index (κ1) is 17.3. The molecule has 0 amide bonds. The van der Waals surface area contributed by atoms with E-state index in [1.165, 1.54) is 10.4 Å². The number of aromatic nitrogens is 2. The van der Waals surface area contributed by atoms with Gasteiger partial charge in [0.2, 0.25) is 10.0 Å². The Morgan fingerprint density at radius 3 is 2.83 bits per heavy atom. The number of likely N-dealkylation sites (N-methyl/N-ethyl adjacent to an activating group) is 1. The lowest BCUT2D eigenvalue weighted by atomic mass is 10.2. The van der Waals surface area contributed by atoms with Gasteiger partial charge in [0.25, 0.3) is 0 Å². The molecule has 24 heavy (non-hydrogen) atoms. The highest BCUT2D eigenvalue weighted by molar-refractivity contribution is 7.89. The number of hydrogen-bond donors (Lipinski definition) is 1. The van der Waals surface area contributed by atoms with Gasteiger partial charge in [0.15, 0.2) is 0 Å². The SMILES string of the molecule is CCN1CCN(S(=O)(=O)c2ccc(F)c(Cl)c2)CC1c1ncc[nH]1. The summed E-state index contributed by atoms with van der Waals surface area (Å²) in [7, 11) is -3.74. The maximum atomic E-state index is 13.3. The monoisotopic (exact) mass is 372 g/mol. The number of H-pyrrole nitrogens is 1. The Hall–Kier alpha value is -1.48. The average Bonchev–Trinajstić information content (AvgIpc) is 3.11. The summed E-state index contributed by atoms with van der Waals surface area (Å²) in [6, 6.07) is 3.32. The van der Waals surface area contributed by atoms with E-state index in [0.717, 1.165) is 24.5 Å². The molecule has 0 bridgehead atoms. The van der Waals surface area contributed by atoms with Crippen LogP contribution in [0.3, 0.4) is 0 Å². The van der Waals surface area contributed by atoms with Gasteiger partial charge in [-0.1, -0.05) is 18.5 Å². The molecule has 1 fully saturated rings. The summed E-state index contributed by atoms with van der Waals surface area (Å²) >= 11 is 5.73. The third kappa shape index (κ3) is 3.19. The van der Waals surface area contributed by atoms with Gasteiger partial charge < -0.3 is 4.98 Å². The van der Waals surface area contributed by atoms with Crippen LogP contribution in [0, 0.1) is 5.82 Å². The van der Waals surface area contributed by atoms with Crippen molar-refractivity contribution in [1.82, 2.24) is 19.2 Å². The molecule has 0 spiro atoms. The first-order chi connectivity index (χ1) is 11.4. The summed E-state index contributed by atoms with van der Waals surface area (Å²) < 4.78 is 40.4. The summed E-state index contributed by atoms with van der Waals surface area (Å²) in [5.74, 6) is 0.0915. The summed E-state index contributed by atoms with van der Waals surface area (Å²) in [5.41, 5.74) is 0. The van der Waals surface area contributed by atoms with Crippen LogP contribution in [0.15, 0.2) is 35.5 Å². The fraction of sp³-hybridized carbons (Fsp3) is 0.400. The standard InChI is InChI=1S/C15H18ClFN4O2S/c1-2-20-7-8-21(10-14(20)15-18-5-6-19-15)24(22,23)11-3-4-13(17)12(16)9-11/h3-6,9,14H,2,7-8,10H2,1H3,(H,18,19). The minimum absolute atomic E-state index is 0.00274. The molecule has 0 radical (unpaired) electrons. The van der Waals surface area contributed by atoms with Crippen molar-refractivity contribution < 1.29 is 12.8 Å². The molecule has 1 aliphatic heterocycles. The molecule has 0 aliphatic carbocycles. The molecule has 1 N–H and O–H groups in total. The fourth-order valence-electron chi connectivity index (χ4n) is 2.90. The van der Waals surface area contributed by atoms with E-state index in [1.807, 2.05) is 6.92 Å². The number of piperazine rings is 1. The molecule has 1 atom stereocenters. The van der Waals surface area contributed by atoms with Gasteiger partial charge in [0.05, 0.1) is 16.0 Å². The van der Waals surface area contributed by atoms with Crippen molar-refractivity contribution >= 4 is 21.6 Å². The van der Waals surface area contributed by atoms with E-state index >= 15 is 0 Å². The van der Waals surface area contributed by atoms with E-state index in [0.29, 0.717) is 13.1 Å². The lowest BCUT2D eigenvalue weighted by Gasteiger charge is -2.39. The number of rotatable bonds is 4. The lowest BCUT2D eigenvalue weighted by molar-refractivity contribution is 0.119. The van der Waals surface area contributed by atoms with Crippen molar-refractivity contribution in [2.75, 3.05) is 26.2 Å². The highest BCUT2D eigenvalue weighted by Gasteiger charge is 2.35. The van der Waals surface area contributed by atoms with E-state index in [2.05, 4.69) is 14.9 Å². The summed E-state index contributed by atoms with van der Waals surface area (Å²) in [5, 5.41) is -0.203. The van der Waals surface area contributed by atoms with Crippen LogP contribution in [0.4, 0.5) is 4.39 Å². The van der Waals surface area contributed by atoms with Crippen LogP contribution in [0.5, 0.6) is 0 Å². The predicted octanol–water partition coefficient (Wildman–Crippen LogP) is 2.27. The summed E-state index contributed by atoms with van der Waals surface area (Å²) in [4.78, 5) is 9.48. The van der Waals surface area contributed by atoms with E-state index in [9.17, 15) is 12.8 Å². The molecule has 1 aromatic carbocycles. The van der Waals surface area contributed by atoms with E-state index in [1.54, 1.807) is 12.4 Å². The molecular formula is C15H18ClFN4O2S. The first-order valence-corrected chi connectivity index (χ1v) is 9.44. The average molecular weight is 373 g/mol. The van der Waals surface area contributed by atoms with Crippen LogP contribution in [0.2, 0.25) is 5.02 Å². The van der Waals surface area contributed by atoms with Crippen LogP contribution in [0.1, 0.15) is 18.8 Å². The number of halogens is 2. The Bertz CT molecular complexity index is 813. The lowest BCUT2D eigenvalue weighted by Crippen LogP contribution is -2.50. The van der Waals surface area contributed by atoms with Gasteiger partial charge in [-0.2, -0.15) is 4.31 Å². The normalized spacial score (nSPS) is 20.4. The number of sulfonamides is 1. The van der Waals surface area contributed by atoms with Gasteiger partial charge in [0.1, 0.15) is 11.6 Å². The maximum Gasteiger partial charge on any atom is 0.243 e. The smallest absolute Gasteiger partial charge is 0.243 e. The molecule has 9 heteroatoms. The Morgan fingerprint density at radius 2 is 2.21 bits per heavy atom. The molecule has 1 saturated heterocycles. The second-order valence-corrected chi connectivity index (χ2v) is 7.90. The largest absolute Gasteiger partial charge is 0.347 e. The summed E-state index contributed by atoms with van der Waals surface area (Å²) in [6.45, 7) is 4.05. The van der Waals surface area contributed by atoms with Crippen LogP contribution >= 0.6 is 11.6 Å². The van der Waals surface area contributed by atoms with Gasteiger partial charge in [-0.05, 0) is 24.7 Å². The number of nitrogens with zero attached hydrogens (tertiary/aromatic N) is 3. The number of nitrogens with one attached hydrogen (secondary N) is 1. The van der Waals surface area contributed by atoms with E-state index < -0.39 is 15.8 Å². The first-order valence-electron chi connectivity index (χ1n) is 7.62. The molecule has 0 saturated carbocycles. The van der Waals surface area contributed by atoms with Crippen molar-refractivity contribution in [3.63, 3.8) is 0 Å². The minimum atomic E-state index is -3.74. The van der Waals surface area contributed by atoms with Crippen LogP contribution < -0.4 is 0 Å². The second-order valence-electron chi connectivity index (χ2n) is 5.56. The maximum absolute atomic E-state index is 13.3. The number of aromatic amines is 1. The zero-order valence-corrected chi connectivity index (χ0v) is 14.7. The van der Waals surface area contributed by atoms with Gasteiger partial charge in [-0.3, -0.25) is 4.90 Å². The highest BCUT2D eigenvalue weighted by atomic mass is 35.5. The van der Waals surface area contributed by atoms with Crippen LogP contribution in [-0.2, 0) is 10.0 Å². The zero-order valence-electron chi connectivity index (χ0n) is 13.1. The highest BCUT2D eigenvalue weighted by Crippen LogP contribution is 2.28. The van der Waals surface area contributed by atoms with E-state index in [-0.39, 0.29) is 22.5 Å².